The van der Waals surface area contributed by atoms with Gasteiger partial charge in [0, 0.05) is 57.9 Å². The monoisotopic (exact) mass is 730 g/mol. The van der Waals surface area contributed by atoms with Crippen LogP contribution in [0.3, 0.4) is 0 Å². The van der Waals surface area contributed by atoms with Crippen molar-refractivity contribution < 1.29 is 10.2 Å². The van der Waals surface area contributed by atoms with Crippen molar-refractivity contribution in [3.8, 4) is 22.9 Å². The minimum atomic E-state index is -0.0527. The number of nitrogens with zero attached hydrogens (tertiary/aromatic N) is 2. The van der Waals surface area contributed by atoms with E-state index in [1.54, 1.807) is 0 Å². The number of fused-ring (bicyclic) bond motifs is 2. The summed E-state index contributed by atoms with van der Waals surface area (Å²) in [6.07, 6.45) is 15.9. The van der Waals surface area contributed by atoms with Crippen molar-refractivity contribution in [2.45, 2.75) is 113 Å². The quantitative estimate of drug-likeness (QED) is 0.164. The van der Waals surface area contributed by atoms with Gasteiger partial charge in [0.25, 0.3) is 0 Å². The van der Waals surface area contributed by atoms with E-state index < -0.39 is 0 Å². The molecule has 4 aromatic carbocycles. The lowest BCUT2D eigenvalue weighted by Gasteiger charge is -2.30. The Morgan fingerprint density at radius 2 is 0.885 bits per heavy atom. The molecule has 1 fully saturated rings. The summed E-state index contributed by atoms with van der Waals surface area (Å²) in [5.41, 5.74) is 6.08. The van der Waals surface area contributed by atoms with Crippen molar-refractivity contribution in [3.63, 3.8) is 0 Å². The zero-order valence-corrected chi connectivity index (χ0v) is 33.3. The van der Waals surface area contributed by atoms with E-state index in [9.17, 15) is 10.2 Å². The van der Waals surface area contributed by atoms with Crippen molar-refractivity contribution in [2.75, 3.05) is 0 Å². The van der Waals surface area contributed by atoms with Crippen LogP contribution in [0.4, 0.5) is 0 Å². The summed E-state index contributed by atoms with van der Waals surface area (Å²) < 4.78 is 4.20. The van der Waals surface area contributed by atoms with Gasteiger partial charge in [-0.25, -0.2) is 0 Å². The maximum absolute atomic E-state index is 11.8. The van der Waals surface area contributed by atoms with E-state index in [1.165, 1.54) is 71.2 Å². The standard InChI is InChI=1S/C46H54N2O2S2/c1-45(2,3)37-21-35(43(49)39(23-37)47-25-31-15-11-12-16-32(31)26-47)29-51-41-19-9-7-8-10-20-42(41)52-30-36-22-38(46(4,5)6)24-40(44(36)50)48-27-33-17-13-14-18-34(33)28-48/h11-18,21-28,41-42,49-50H,7-10,19-20,29-30H2,1-6H3/t41-,42-/m0/s1. The highest BCUT2D eigenvalue weighted by molar-refractivity contribution is 8.03. The van der Waals surface area contributed by atoms with Gasteiger partial charge in [0.05, 0.1) is 11.4 Å². The lowest BCUT2D eigenvalue weighted by molar-refractivity contribution is 0.465. The molecule has 2 atom stereocenters. The van der Waals surface area contributed by atoms with Crippen LogP contribution in [-0.4, -0.2) is 29.8 Å². The number of aromatic hydroxyl groups is 2. The molecule has 0 spiro atoms. The van der Waals surface area contributed by atoms with E-state index in [0.717, 1.165) is 34.0 Å². The first-order valence-electron chi connectivity index (χ1n) is 19.0. The third kappa shape index (κ3) is 7.94. The van der Waals surface area contributed by atoms with Crippen molar-refractivity contribution in [3.05, 3.63) is 120 Å². The number of rotatable bonds is 8. The summed E-state index contributed by atoms with van der Waals surface area (Å²) in [5, 5.41) is 29.2. The normalized spacial score (nSPS) is 17.4. The summed E-state index contributed by atoms with van der Waals surface area (Å²) >= 11 is 4.03. The first-order valence-corrected chi connectivity index (χ1v) is 21.0. The molecule has 1 aliphatic rings. The van der Waals surface area contributed by atoms with Gasteiger partial charge < -0.3 is 19.3 Å². The molecule has 0 amide bonds. The smallest absolute Gasteiger partial charge is 0.143 e. The summed E-state index contributed by atoms with van der Waals surface area (Å²) in [4.78, 5) is 0. The number of benzene rings is 4. The molecular weight excluding hydrogens is 677 g/mol. The third-order valence-corrected chi connectivity index (χ3v) is 13.9. The van der Waals surface area contributed by atoms with Gasteiger partial charge in [-0.2, -0.15) is 23.5 Å². The van der Waals surface area contributed by atoms with Crippen LogP contribution in [-0.2, 0) is 22.3 Å². The minimum absolute atomic E-state index is 0.0527. The number of hydrogen-bond acceptors (Lipinski definition) is 4. The van der Waals surface area contributed by atoms with Gasteiger partial charge in [-0.3, -0.25) is 0 Å². The van der Waals surface area contributed by atoms with Crippen LogP contribution in [0.1, 0.15) is 102 Å². The predicted molar refractivity (Wildman–Crippen MR) is 225 cm³/mol. The molecule has 1 saturated carbocycles. The molecule has 0 saturated heterocycles. The van der Waals surface area contributed by atoms with E-state index in [0.29, 0.717) is 22.0 Å². The Morgan fingerprint density at radius 3 is 1.21 bits per heavy atom. The molecular formula is C46H54N2O2S2. The minimum Gasteiger partial charge on any atom is -0.505 e. The number of hydrogen-bond donors (Lipinski definition) is 2. The Bertz CT molecular complexity index is 1960. The van der Waals surface area contributed by atoms with Gasteiger partial charge in [-0.05, 0) is 68.5 Å². The molecule has 7 rings (SSSR count). The fraction of sp³-hybridized carbons (Fsp3) is 0.391. The van der Waals surface area contributed by atoms with Crippen LogP contribution in [0, 0.1) is 0 Å². The van der Waals surface area contributed by atoms with Crippen molar-refractivity contribution in [1.82, 2.24) is 9.13 Å². The number of phenolic OH excluding ortho intramolecular Hbond substituents is 2. The fourth-order valence-electron chi connectivity index (χ4n) is 7.47. The van der Waals surface area contributed by atoms with Gasteiger partial charge in [-0.15, -0.1) is 0 Å². The molecule has 2 N–H and O–H groups in total. The van der Waals surface area contributed by atoms with Gasteiger partial charge in [0.15, 0.2) is 0 Å². The molecule has 52 heavy (non-hydrogen) atoms. The first kappa shape index (κ1) is 36.6. The predicted octanol–water partition coefficient (Wildman–Crippen LogP) is 12.8. The topological polar surface area (TPSA) is 50.3 Å². The SMILES string of the molecule is CC(C)(C)c1cc(CS[C@H]2CCCCCC[C@@H]2SCc2cc(C(C)(C)C)cc(-n3cc4ccccc4c3)c2O)c(O)c(-n2cc3ccccc3c2)c1. The maximum atomic E-state index is 11.8. The summed E-state index contributed by atoms with van der Waals surface area (Å²) in [5.74, 6) is 2.29. The van der Waals surface area contributed by atoms with Crippen LogP contribution in [0.25, 0.3) is 32.9 Å². The van der Waals surface area contributed by atoms with Gasteiger partial charge in [0.2, 0.25) is 0 Å². The second-order valence-electron chi connectivity index (χ2n) is 16.8. The van der Waals surface area contributed by atoms with Crippen LogP contribution in [0.15, 0.2) is 97.6 Å². The lowest BCUT2D eigenvalue weighted by atomic mass is 9.85. The van der Waals surface area contributed by atoms with Crippen LogP contribution in [0.5, 0.6) is 11.5 Å². The van der Waals surface area contributed by atoms with Gasteiger partial charge >= 0.3 is 0 Å². The number of phenols is 2. The maximum Gasteiger partial charge on any atom is 0.143 e. The molecule has 0 aliphatic heterocycles. The van der Waals surface area contributed by atoms with E-state index in [2.05, 4.69) is 148 Å². The molecule has 272 valence electrons. The Labute approximate surface area is 318 Å². The van der Waals surface area contributed by atoms with Crippen molar-refractivity contribution >= 4 is 45.1 Å². The highest BCUT2D eigenvalue weighted by Crippen LogP contribution is 2.43. The second-order valence-corrected chi connectivity index (χ2v) is 19.2. The molecule has 2 aromatic heterocycles. The summed E-state index contributed by atoms with van der Waals surface area (Å²) in [6.45, 7) is 13.5. The van der Waals surface area contributed by atoms with Crippen LogP contribution in [0.2, 0.25) is 0 Å². The summed E-state index contributed by atoms with van der Waals surface area (Å²) in [6, 6.07) is 25.6. The third-order valence-electron chi connectivity index (χ3n) is 10.8. The molecule has 0 bridgehead atoms. The van der Waals surface area contributed by atoms with Crippen LogP contribution < -0.4 is 0 Å². The zero-order valence-electron chi connectivity index (χ0n) is 31.7. The molecule has 0 unspecified atom stereocenters. The summed E-state index contributed by atoms with van der Waals surface area (Å²) in [7, 11) is 0. The number of thioether (sulfide) groups is 2. The Kier molecular flexibility index (Phi) is 10.5. The van der Waals surface area contributed by atoms with Gasteiger partial charge in [0.1, 0.15) is 11.5 Å². The van der Waals surface area contributed by atoms with E-state index in [-0.39, 0.29) is 10.8 Å². The largest absolute Gasteiger partial charge is 0.505 e. The fourth-order valence-corrected chi connectivity index (χ4v) is 10.5. The van der Waals surface area contributed by atoms with Crippen LogP contribution >= 0.6 is 23.5 Å². The zero-order chi connectivity index (χ0) is 36.6. The first-order chi connectivity index (χ1) is 24.8. The number of aromatic nitrogens is 2. The highest BCUT2D eigenvalue weighted by atomic mass is 32.2. The van der Waals surface area contributed by atoms with Crippen molar-refractivity contribution in [2.24, 2.45) is 0 Å². The van der Waals surface area contributed by atoms with E-state index >= 15 is 0 Å². The molecule has 6 heteroatoms. The average Bonchev–Trinajstić information content (AvgIpc) is 3.72. The Hall–Kier alpha value is -3.74. The molecule has 0 radical (unpaired) electrons. The van der Waals surface area contributed by atoms with E-state index in [1.807, 2.05) is 23.5 Å². The second kappa shape index (κ2) is 14.9. The molecule has 6 aromatic rings. The Morgan fingerprint density at radius 1 is 0.538 bits per heavy atom. The molecule has 2 heterocycles. The van der Waals surface area contributed by atoms with E-state index in [4.69, 9.17) is 0 Å². The lowest BCUT2D eigenvalue weighted by Crippen LogP contribution is -2.22. The van der Waals surface area contributed by atoms with Crippen molar-refractivity contribution in [1.29, 1.82) is 0 Å². The highest BCUT2D eigenvalue weighted by Gasteiger charge is 2.27. The average molecular weight is 731 g/mol. The molecule has 1 aliphatic carbocycles. The Balaban J connectivity index is 1.16. The van der Waals surface area contributed by atoms with Gasteiger partial charge in [-0.1, -0.05) is 128 Å². The molecule has 4 nitrogen and oxygen atoms in total.